The molecule has 2 heterocycles. The van der Waals surface area contributed by atoms with Gasteiger partial charge in [-0.05, 0) is 31.9 Å². The summed E-state index contributed by atoms with van der Waals surface area (Å²) in [4.78, 5) is 21.6. The average molecular weight is 305 g/mol. The summed E-state index contributed by atoms with van der Waals surface area (Å²) in [6, 6.07) is 3.05. The maximum Gasteiger partial charge on any atom is 0.256 e. The Morgan fingerprint density at radius 2 is 2.23 bits per heavy atom. The van der Waals surface area contributed by atoms with Gasteiger partial charge < -0.3 is 9.88 Å². The van der Waals surface area contributed by atoms with Crippen LogP contribution in [0.2, 0.25) is 0 Å². The number of carbonyl (C=O) groups excluding carboxylic acids is 1. The normalized spacial score (nSPS) is 18.5. The molecule has 0 bridgehead atoms. The zero-order chi connectivity index (χ0) is 15.7. The minimum Gasteiger partial charge on any atom is -0.346 e. The van der Waals surface area contributed by atoms with Gasteiger partial charge in [0.15, 0.2) is 0 Å². The van der Waals surface area contributed by atoms with Crippen molar-refractivity contribution in [2.24, 2.45) is 0 Å². The summed E-state index contributed by atoms with van der Waals surface area (Å²) < 4.78 is 26.7. The van der Waals surface area contributed by atoms with Crippen molar-refractivity contribution >= 4 is 5.91 Å². The highest BCUT2D eigenvalue weighted by molar-refractivity contribution is 5.94. The topological polar surface area (TPSA) is 49.0 Å². The molecule has 0 aliphatic carbocycles. The fraction of sp³-hybridized carbons (Fsp3) is 0.375. The number of halogens is 2. The molecule has 4 nitrogen and oxygen atoms in total. The van der Waals surface area contributed by atoms with Gasteiger partial charge in [-0.15, -0.1) is 0 Å². The molecule has 1 amide bonds. The minimum atomic E-state index is -0.819. The Bertz CT molecular complexity index is 698. The second-order valence-electron chi connectivity index (χ2n) is 5.67. The van der Waals surface area contributed by atoms with Gasteiger partial charge in [0.2, 0.25) is 0 Å². The molecule has 116 valence electrons. The van der Waals surface area contributed by atoms with Crippen LogP contribution in [-0.2, 0) is 0 Å². The van der Waals surface area contributed by atoms with Crippen LogP contribution in [0.5, 0.6) is 0 Å². The molecule has 1 fully saturated rings. The van der Waals surface area contributed by atoms with Crippen molar-refractivity contribution in [3.05, 3.63) is 53.1 Å². The van der Waals surface area contributed by atoms with Gasteiger partial charge in [0.25, 0.3) is 5.91 Å². The van der Waals surface area contributed by atoms with Gasteiger partial charge in [-0.25, -0.2) is 13.8 Å². The lowest BCUT2D eigenvalue weighted by atomic mass is 9.96. The summed E-state index contributed by atoms with van der Waals surface area (Å²) >= 11 is 0. The molecule has 1 aliphatic rings. The molecule has 1 atom stereocenters. The van der Waals surface area contributed by atoms with E-state index in [1.165, 1.54) is 6.07 Å². The number of hydrogen-bond donors (Lipinski definition) is 1. The monoisotopic (exact) mass is 305 g/mol. The SMILES string of the molecule is Cc1cnc([C@H]2CCCN(C(=O)c3ccc(F)cc3F)C2)[nH]1. The predicted octanol–water partition coefficient (Wildman–Crippen LogP) is 3.02. The maximum atomic E-state index is 13.8. The van der Waals surface area contributed by atoms with Gasteiger partial charge in [-0.2, -0.15) is 0 Å². The third kappa shape index (κ3) is 2.86. The highest BCUT2D eigenvalue weighted by Gasteiger charge is 2.28. The van der Waals surface area contributed by atoms with Gasteiger partial charge >= 0.3 is 0 Å². The van der Waals surface area contributed by atoms with Crippen LogP contribution in [0.15, 0.2) is 24.4 Å². The van der Waals surface area contributed by atoms with Crippen molar-refractivity contribution in [1.82, 2.24) is 14.9 Å². The van der Waals surface area contributed by atoms with E-state index in [0.29, 0.717) is 13.1 Å². The lowest BCUT2D eigenvalue weighted by Gasteiger charge is -2.32. The molecule has 0 spiro atoms. The Balaban J connectivity index is 1.78. The number of aromatic amines is 1. The van der Waals surface area contributed by atoms with Crippen LogP contribution in [0.1, 0.15) is 40.6 Å². The molecule has 1 N–H and O–H groups in total. The average Bonchev–Trinajstić information content (AvgIpc) is 2.93. The fourth-order valence-corrected chi connectivity index (χ4v) is 2.86. The number of imidazole rings is 1. The number of amides is 1. The summed E-state index contributed by atoms with van der Waals surface area (Å²) in [6.45, 7) is 2.99. The van der Waals surface area contributed by atoms with E-state index in [9.17, 15) is 13.6 Å². The van der Waals surface area contributed by atoms with Crippen LogP contribution in [0.3, 0.4) is 0 Å². The number of carbonyl (C=O) groups is 1. The van der Waals surface area contributed by atoms with Crippen molar-refractivity contribution in [2.75, 3.05) is 13.1 Å². The number of benzene rings is 1. The van der Waals surface area contributed by atoms with Crippen LogP contribution in [-0.4, -0.2) is 33.9 Å². The third-order valence-electron chi connectivity index (χ3n) is 3.98. The van der Waals surface area contributed by atoms with E-state index < -0.39 is 17.5 Å². The van der Waals surface area contributed by atoms with Crippen LogP contribution in [0, 0.1) is 18.6 Å². The minimum absolute atomic E-state index is 0.0855. The largest absolute Gasteiger partial charge is 0.346 e. The van der Waals surface area contributed by atoms with Gasteiger partial charge in [0.05, 0.1) is 5.56 Å². The molecular weight excluding hydrogens is 288 g/mol. The first kappa shape index (κ1) is 14.7. The number of aromatic nitrogens is 2. The van der Waals surface area contributed by atoms with E-state index in [0.717, 1.165) is 36.5 Å². The molecule has 1 aromatic carbocycles. The first-order chi connectivity index (χ1) is 10.5. The number of nitrogens with one attached hydrogen (secondary N) is 1. The van der Waals surface area contributed by atoms with Gasteiger partial charge in [0, 0.05) is 37.0 Å². The number of rotatable bonds is 2. The van der Waals surface area contributed by atoms with E-state index in [4.69, 9.17) is 0 Å². The zero-order valence-electron chi connectivity index (χ0n) is 12.3. The van der Waals surface area contributed by atoms with Crippen LogP contribution < -0.4 is 0 Å². The van der Waals surface area contributed by atoms with E-state index >= 15 is 0 Å². The molecule has 22 heavy (non-hydrogen) atoms. The van der Waals surface area contributed by atoms with Crippen LogP contribution in [0.25, 0.3) is 0 Å². The van der Waals surface area contributed by atoms with E-state index in [2.05, 4.69) is 9.97 Å². The van der Waals surface area contributed by atoms with Crippen molar-refractivity contribution in [1.29, 1.82) is 0 Å². The molecule has 0 saturated carbocycles. The number of likely N-dealkylation sites (tertiary alicyclic amines) is 1. The zero-order valence-corrected chi connectivity index (χ0v) is 12.3. The first-order valence-electron chi connectivity index (χ1n) is 7.30. The Morgan fingerprint density at radius 3 is 2.91 bits per heavy atom. The predicted molar refractivity (Wildman–Crippen MR) is 77.6 cm³/mol. The molecule has 0 radical (unpaired) electrons. The van der Waals surface area contributed by atoms with Gasteiger partial charge in [-0.1, -0.05) is 0 Å². The lowest BCUT2D eigenvalue weighted by molar-refractivity contribution is 0.0700. The molecule has 1 aliphatic heterocycles. The van der Waals surface area contributed by atoms with E-state index in [1.807, 2.05) is 6.92 Å². The van der Waals surface area contributed by atoms with Crippen LogP contribution >= 0.6 is 0 Å². The van der Waals surface area contributed by atoms with E-state index in [1.54, 1.807) is 11.1 Å². The smallest absolute Gasteiger partial charge is 0.256 e. The number of hydrogen-bond acceptors (Lipinski definition) is 2. The Hall–Kier alpha value is -2.24. The van der Waals surface area contributed by atoms with Crippen molar-refractivity contribution in [2.45, 2.75) is 25.7 Å². The highest BCUT2D eigenvalue weighted by atomic mass is 19.1. The summed E-state index contributed by atoms with van der Waals surface area (Å²) in [5.41, 5.74) is 0.890. The van der Waals surface area contributed by atoms with Crippen molar-refractivity contribution in [3.63, 3.8) is 0 Å². The second-order valence-corrected chi connectivity index (χ2v) is 5.67. The standard InChI is InChI=1S/C16H17F2N3O/c1-10-8-19-15(20-10)11-3-2-6-21(9-11)16(22)13-5-4-12(17)7-14(13)18/h4-5,7-8,11H,2-3,6,9H2,1H3,(H,19,20)/t11-/m0/s1. The summed E-state index contributed by atoms with van der Waals surface area (Å²) in [5, 5.41) is 0. The molecule has 3 rings (SSSR count). The fourth-order valence-electron chi connectivity index (χ4n) is 2.86. The molecular formula is C16H17F2N3O. The van der Waals surface area contributed by atoms with Gasteiger partial charge in [0.1, 0.15) is 17.5 Å². The number of H-pyrrole nitrogens is 1. The quantitative estimate of drug-likeness (QED) is 0.927. The Kier molecular flexibility index (Phi) is 3.92. The number of piperidine rings is 1. The van der Waals surface area contributed by atoms with Gasteiger partial charge in [-0.3, -0.25) is 4.79 Å². The van der Waals surface area contributed by atoms with Crippen LogP contribution in [0.4, 0.5) is 8.78 Å². The third-order valence-corrected chi connectivity index (χ3v) is 3.98. The number of aryl methyl sites for hydroxylation is 1. The Labute approximate surface area is 127 Å². The molecule has 0 unspecified atom stereocenters. The van der Waals surface area contributed by atoms with E-state index in [-0.39, 0.29) is 11.5 Å². The Morgan fingerprint density at radius 1 is 1.41 bits per heavy atom. The molecule has 1 aromatic heterocycles. The summed E-state index contributed by atoms with van der Waals surface area (Å²) in [5.74, 6) is -0.924. The molecule has 1 saturated heterocycles. The second kappa shape index (κ2) is 5.87. The maximum absolute atomic E-state index is 13.8. The van der Waals surface area contributed by atoms with Crippen molar-refractivity contribution < 1.29 is 13.6 Å². The van der Waals surface area contributed by atoms with Crippen molar-refractivity contribution in [3.8, 4) is 0 Å². The molecule has 2 aromatic rings. The number of nitrogens with zero attached hydrogens (tertiary/aromatic N) is 2. The highest BCUT2D eigenvalue weighted by Crippen LogP contribution is 2.26. The molecule has 6 heteroatoms. The lowest BCUT2D eigenvalue weighted by Crippen LogP contribution is -2.39. The summed E-state index contributed by atoms with van der Waals surface area (Å²) in [6.07, 6.45) is 3.53. The summed E-state index contributed by atoms with van der Waals surface area (Å²) in [7, 11) is 0. The first-order valence-corrected chi connectivity index (χ1v) is 7.30.